The summed E-state index contributed by atoms with van der Waals surface area (Å²) in [6.07, 6.45) is 67.5. The van der Waals surface area contributed by atoms with E-state index in [0.717, 1.165) is 103 Å². The highest BCUT2D eigenvalue weighted by Gasteiger charge is 2.19. The van der Waals surface area contributed by atoms with E-state index < -0.39 is 12.1 Å². The molecular weight excluding hydrogens is 757 g/mol. The molecule has 0 aromatic rings. The highest BCUT2D eigenvalue weighted by atomic mass is 16.6. The third-order valence-electron chi connectivity index (χ3n) is 9.15. The molecule has 0 aromatic carbocycles. The van der Waals surface area contributed by atoms with Gasteiger partial charge in [0.1, 0.15) is 13.2 Å². The largest absolute Gasteiger partial charge is 0.462 e. The molecule has 1 unspecified atom stereocenters. The Hall–Kier alpha value is -4.45. The maximum Gasteiger partial charge on any atom is 0.310 e. The molecule has 0 aliphatic carbocycles. The third kappa shape index (κ3) is 46.5. The first kappa shape index (κ1) is 56.5. The predicted molar refractivity (Wildman–Crippen MR) is 260 cm³/mol. The zero-order valence-corrected chi connectivity index (χ0v) is 38.6. The second-order valence-corrected chi connectivity index (χ2v) is 14.9. The van der Waals surface area contributed by atoms with Crippen molar-refractivity contribution in [3.63, 3.8) is 0 Å². The fraction of sp³-hybridized carbons (Fsp3) is 0.545. The van der Waals surface area contributed by atoms with E-state index in [4.69, 9.17) is 14.2 Å². The molecule has 0 fully saturated rings. The van der Waals surface area contributed by atoms with Gasteiger partial charge in [0.15, 0.2) is 6.10 Å². The van der Waals surface area contributed by atoms with Crippen LogP contribution in [0.5, 0.6) is 0 Å². The molecule has 61 heavy (non-hydrogen) atoms. The minimum atomic E-state index is -0.862. The monoisotopic (exact) mass is 841 g/mol. The maximum atomic E-state index is 12.7. The number of ether oxygens (including phenoxy) is 3. The molecule has 0 aliphatic heterocycles. The molecule has 0 saturated carbocycles. The summed E-state index contributed by atoms with van der Waals surface area (Å²) in [5.41, 5.74) is 0. The molecule has 0 heterocycles. The van der Waals surface area contributed by atoms with Crippen molar-refractivity contribution in [1.82, 2.24) is 0 Å². The number of carbonyl (C=O) groups excluding carboxylic acids is 3. The van der Waals surface area contributed by atoms with Crippen LogP contribution in [0.2, 0.25) is 0 Å². The van der Waals surface area contributed by atoms with Gasteiger partial charge in [-0.25, -0.2) is 0 Å². The summed E-state index contributed by atoms with van der Waals surface area (Å²) >= 11 is 0. The molecule has 6 heteroatoms. The molecule has 0 aromatic heterocycles. The third-order valence-corrected chi connectivity index (χ3v) is 9.15. The molecule has 0 bridgehead atoms. The zero-order valence-electron chi connectivity index (χ0n) is 38.6. The summed E-state index contributed by atoms with van der Waals surface area (Å²) in [6, 6.07) is 0. The van der Waals surface area contributed by atoms with Gasteiger partial charge in [0.05, 0.1) is 6.42 Å². The highest BCUT2D eigenvalue weighted by molar-refractivity contribution is 5.72. The van der Waals surface area contributed by atoms with Gasteiger partial charge in [-0.2, -0.15) is 0 Å². The first-order valence-electron chi connectivity index (χ1n) is 23.7. The van der Waals surface area contributed by atoms with Crippen LogP contribution < -0.4 is 0 Å². The average Bonchev–Trinajstić information content (AvgIpc) is 3.26. The van der Waals surface area contributed by atoms with E-state index in [1.807, 2.05) is 6.08 Å². The SMILES string of the molecule is CC/C=C\C/C=C\C/C=C\C/C=C\C/C=C\CCCC(=O)OCC(COC(=O)CCCCCCC/C=C\CCCC)OC(=O)C/C=C\C/C=C\C/C=C\C/C=C\C/C=C\CC. The summed E-state index contributed by atoms with van der Waals surface area (Å²) in [4.78, 5) is 37.8. The quantitative estimate of drug-likeness (QED) is 0.0265. The molecule has 0 amide bonds. The Bertz CT molecular complexity index is 1380. The Morgan fingerprint density at radius 1 is 0.361 bits per heavy atom. The number of rotatable bonds is 40. The Labute approximate surface area is 373 Å². The lowest BCUT2D eigenvalue weighted by molar-refractivity contribution is -0.166. The lowest BCUT2D eigenvalue weighted by atomic mass is 10.1. The van der Waals surface area contributed by atoms with Gasteiger partial charge in [-0.05, 0) is 103 Å². The second-order valence-electron chi connectivity index (χ2n) is 14.9. The number of unbranched alkanes of at least 4 members (excludes halogenated alkanes) is 8. The molecule has 1 atom stereocenters. The van der Waals surface area contributed by atoms with Gasteiger partial charge in [-0.15, -0.1) is 0 Å². The lowest BCUT2D eigenvalue weighted by Crippen LogP contribution is -2.30. The number of esters is 3. The van der Waals surface area contributed by atoms with Crippen molar-refractivity contribution >= 4 is 17.9 Å². The standard InChI is InChI=1S/C55H84O6/c1-4-7-10-13-16-19-22-24-26-27-29-30-33-36-39-42-45-48-54(57)60-51-52(50-59-53(56)47-44-41-38-35-32-21-18-15-12-9-6-3)61-55(58)49-46-43-40-37-34-31-28-25-23-20-17-14-11-8-5-2/h7-8,10-11,15-20,24-26,28-30,34,36-37,39,43,46,52H,4-6,9,12-14,21-23,27,31-33,35,38,40-42,44-45,47-51H2,1-3H3/b10-7-,11-8-,18-15-,19-16-,20-17-,26-24-,28-25-,30-29-,37-34-,39-36-,46-43-. The van der Waals surface area contributed by atoms with Crippen LogP contribution >= 0.6 is 0 Å². The van der Waals surface area contributed by atoms with Crippen molar-refractivity contribution in [2.75, 3.05) is 13.2 Å². The van der Waals surface area contributed by atoms with Gasteiger partial charge in [0.25, 0.3) is 0 Å². The topological polar surface area (TPSA) is 78.9 Å². The van der Waals surface area contributed by atoms with Crippen molar-refractivity contribution in [2.45, 2.75) is 181 Å². The van der Waals surface area contributed by atoms with Crippen LogP contribution in [-0.2, 0) is 28.6 Å². The van der Waals surface area contributed by atoms with E-state index in [9.17, 15) is 14.4 Å². The van der Waals surface area contributed by atoms with E-state index in [2.05, 4.69) is 142 Å². The average molecular weight is 841 g/mol. The Kier molecular flexibility index (Phi) is 44.7. The van der Waals surface area contributed by atoms with Crippen molar-refractivity contribution in [1.29, 1.82) is 0 Å². The van der Waals surface area contributed by atoms with Gasteiger partial charge in [0, 0.05) is 12.8 Å². The van der Waals surface area contributed by atoms with Crippen LogP contribution in [0.15, 0.2) is 134 Å². The zero-order chi connectivity index (χ0) is 44.4. The van der Waals surface area contributed by atoms with Crippen LogP contribution in [-0.4, -0.2) is 37.2 Å². The predicted octanol–water partition coefficient (Wildman–Crippen LogP) is 15.5. The fourth-order valence-corrected chi connectivity index (χ4v) is 5.65. The highest BCUT2D eigenvalue weighted by Crippen LogP contribution is 2.10. The molecule has 0 radical (unpaired) electrons. The molecule has 0 N–H and O–H groups in total. The van der Waals surface area contributed by atoms with E-state index >= 15 is 0 Å². The fourth-order valence-electron chi connectivity index (χ4n) is 5.65. The van der Waals surface area contributed by atoms with Crippen molar-refractivity contribution < 1.29 is 28.6 Å². The van der Waals surface area contributed by atoms with Crippen LogP contribution in [0.25, 0.3) is 0 Å². The number of hydrogen-bond donors (Lipinski definition) is 0. The lowest BCUT2D eigenvalue weighted by Gasteiger charge is -2.18. The Morgan fingerprint density at radius 3 is 1.16 bits per heavy atom. The van der Waals surface area contributed by atoms with Gasteiger partial charge in [0.2, 0.25) is 0 Å². The Morgan fingerprint density at radius 2 is 0.705 bits per heavy atom. The van der Waals surface area contributed by atoms with Crippen molar-refractivity contribution in [2.24, 2.45) is 0 Å². The number of carbonyl (C=O) groups is 3. The van der Waals surface area contributed by atoms with E-state index in [1.165, 1.54) is 19.3 Å². The van der Waals surface area contributed by atoms with Gasteiger partial charge < -0.3 is 14.2 Å². The first-order valence-corrected chi connectivity index (χ1v) is 23.7. The molecule has 0 saturated heterocycles. The van der Waals surface area contributed by atoms with E-state index in [-0.39, 0.29) is 38.0 Å². The van der Waals surface area contributed by atoms with Gasteiger partial charge in [-0.1, -0.05) is 187 Å². The van der Waals surface area contributed by atoms with Crippen molar-refractivity contribution in [3.8, 4) is 0 Å². The molecular formula is C55H84O6. The smallest absolute Gasteiger partial charge is 0.310 e. The van der Waals surface area contributed by atoms with Crippen LogP contribution in [0.4, 0.5) is 0 Å². The maximum absolute atomic E-state index is 12.7. The van der Waals surface area contributed by atoms with Crippen LogP contribution in [0, 0.1) is 0 Å². The Balaban J connectivity index is 4.64. The molecule has 0 rings (SSSR count). The second kappa shape index (κ2) is 48.2. The summed E-state index contributed by atoms with van der Waals surface area (Å²) in [6.45, 7) is 6.19. The molecule has 6 nitrogen and oxygen atoms in total. The minimum absolute atomic E-state index is 0.0771. The summed E-state index contributed by atoms with van der Waals surface area (Å²) in [7, 11) is 0. The van der Waals surface area contributed by atoms with Crippen LogP contribution in [0.1, 0.15) is 175 Å². The summed E-state index contributed by atoms with van der Waals surface area (Å²) in [5.74, 6) is -1.16. The van der Waals surface area contributed by atoms with Crippen molar-refractivity contribution in [3.05, 3.63) is 134 Å². The normalized spacial score (nSPS) is 13.3. The molecule has 340 valence electrons. The van der Waals surface area contributed by atoms with E-state index in [1.54, 1.807) is 6.08 Å². The number of allylic oxidation sites excluding steroid dienone is 21. The summed E-state index contributed by atoms with van der Waals surface area (Å²) in [5, 5.41) is 0. The van der Waals surface area contributed by atoms with Gasteiger partial charge >= 0.3 is 17.9 Å². The molecule has 0 spiro atoms. The summed E-state index contributed by atoms with van der Waals surface area (Å²) < 4.78 is 16.6. The van der Waals surface area contributed by atoms with Gasteiger partial charge in [-0.3, -0.25) is 14.4 Å². The molecule has 0 aliphatic rings. The minimum Gasteiger partial charge on any atom is -0.462 e. The van der Waals surface area contributed by atoms with Crippen LogP contribution in [0.3, 0.4) is 0 Å². The van der Waals surface area contributed by atoms with E-state index in [0.29, 0.717) is 19.3 Å². The number of hydrogen-bond acceptors (Lipinski definition) is 6. The first-order chi connectivity index (χ1) is 30.0.